The van der Waals surface area contributed by atoms with E-state index in [0.717, 1.165) is 0 Å². The van der Waals surface area contributed by atoms with Crippen LogP contribution in [0.1, 0.15) is 19.5 Å². The molecule has 0 aliphatic heterocycles. The molecule has 0 atom stereocenters. The van der Waals surface area contributed by atoms with Crippen molar-refractivity contribution in [3.05, 3.63) is 10.8 Å². The molecular formula is C8H10ClN5. The zero-order valence-corrected chi connectivity index (χ0v) is 8.63. The van der Waals surface area contributed by atoms with Crippen LogP contribution in [-0.2, 0) is 0 Å². The molecule has 1 heterocycles. The molecule has 0 radical (unpaired) electrons. The Morgan fingerprint density at radius 1 is 1.50 bits per heavy atom. The molecule has 0 bridgehead atoms. The largest absolute Gasteiger partial charge is 0.381 e. The summed E-state index contributed by atoms with van der Waals surface area (Å²) in [4.78, 5) is 7.73. The van der Waals surface area contributed by atoms with E-state index in [0.29, 0.717) is 5.82 Å². The lowest BCUT2D eigenvalue weighted by Gasteiger charge is -2.10. The van der Waals surface area contributed by atoms with Gasteiger partial charge < -0.3 is 11.1 Å². The van der Waals surface area contributed by atoms with Crippen LogP contribution in [0.4, 0.5) is 11.6 Å². The van der Waals surface area contributed by atoms with Gasteiger partial charge in [0.25, 0.3) is 0 Å². The molecule has 0 saturated carbocycles. The van der Waals surface area contributed by atoms with E-state index in [1.54, 1.807) is 6.07 Å². The van der Waals surface area contributed by atoms with Gasteiger partial charge in [-0.25, -0.2) is 9.97 Å². The van der Waals surface area contributed by atoms with E-state index in [4.69, 9.17) is 22.6 Å². The summed E-state index contributed by atoms with van der Waals surface area (Å²) in [5.41, 5.74) is 5.53. The van der Waals surface area contributed by atoms with E-state index in [2.05, 4.69) is 15.3 Å². The number of nitrogen functional groups attached to an aromatic ring is 1. The summed E-state index contributed by atoms with van der Waals surface area (Å²) >= 11 is 5.78. The Bertz CT molecular complexity index is 382. The standard InChI is InChI=1S/C8H10ClN5/c1-4(2)12-8-6(9)13-5(3-10)7(11)14-8/h4H,1-2H3,(H3,11,12,14). The quantitative estimate of drug-likeness (QED) is 0.772. The number of rotatable bonds is 2. The van der Waals surface area contributed by atoms with Gasteiger partial charge >= 0.3 is 0 Å². The summed E-state index contributed by atoms with van der Waals surface area (Å²) in [5, 5.41) is 11.7. The van der Waals surface area contributed by atoms with Crippen molar-refractivity contribution in [2.24, 2.45) is 0 Å². The normalized spacial score (nSPS) is 9.93. The van der Waals surface area contributed by atoms with E-state index >= 15 is 0 Å². The number of halogens is 1. The molecule has 0 saturated heterocycles. The Morgan fingerprint density at radius 2 is 2.14 bits per heavy atom. The second-order valence-corrected chi connectivity index (χ2v) is 3.37. The molecule has 6 heteroatoms. The maximum atomic E-state index is 8.60. The molecule has 0 fully saturated rings. The summed E-state index contributed by atoms with van der Waals surface area (Å²) in [6, 6.07) is 1.98. The molecule has 0 amide bonds. The zero-order chi connectivity index (χ0) is 10.7. The monoisotopic (exact) mass is 211 g/mol. The number of hydrogen-bond donors (Lipinski definition) is 2. The first-order chi connectivity index (χ1) is 6.54. The number of nitriles is 1. The van der Waals surface area contributed by atoms with E-state index in [1.165, 1.54) is 0 Å². The topological polar surface area (TPSA) is 87.6 Å². The summed E-state index contributed by atoms with van der Waals surface area (Å²) in [5.74, 6) is 0.484. The highest BCUT2D eigenvalue weighted by molar-refractivity contribution is 6.31. The zero-order valence-electron chi connectivity index (χ0n) is 7.87. The van der Waals surface area contributed by atoms with Crippen molar-refractivity contribution < 1.29 is 0 Å². The van der Waals surface area contributed by atoms with Gasteiger partial charge in [-0.15, -0.1) is 0 Å². The van der Waals surface area contributed by atoms with Gasteiger partial charge in [0.15, 0.2) is 22.5 Å². The van der Waals surface area contributed by atoms with Crippen LogP contribution in [0.25, 0.3) is 0 Å². The second-order valence-electron chi connectivity index (χ2n) is 3.01. The molecule has 1 aromatic heterocycles. The van der Waals surface area contributed by atoms with Crippen LogP contribution in [0.2, 0.25) is 5.15 Å². The molecule has 1 rings (SSSR count). The number of anilines is 2. The molecule has 0 spiro atoms. The maximum Gasteiger partial charge on any atom is 0.184 e. The van der Waals surface area contributed by atoms with Gasteiger partial charge in [0.05, 0.1) is 0 Å². The van der Waals surface area contributed by atoms with Crippen LogP contribution in [0.3, 0.4) is 0 Å². The third-order valence-electron chi connectivity index (χ3n) is 1.41. The third kappa shape index (κ3) is 2.24. The summed E-state index contributed by atoms with van der Waals surface area (Å²) in [7, 11) is 0. The molecule has 14 heavy (non-hydrogen) atoms. The summed E-state index contributed by atoms with van der Waals surface area (Å²) < 4.78 is 0. The van der Waals surface area contributed by atoms with Crippen molar-refractivity contribution in [1.29, 1.82) is 5.26 Å². The average Bonchev–Trinajstić information content (AvgIpc) is 2.10. The fourth-order valence-electron chi connectivity index (χ4n) is 0.875. The minimum absolute atomic E-state index is 0.0457. The van der Waals surface area contributed by atoms with Crippen LogP contribution < -0.4 is 11.1 Å². The predicted molar refractivity (Wildman–Crippen MR) is 54.9 cm³/mol. The van der Waals surface area contributed by atoms with Crippen LogP contribution in [0.15, 0.2) is 0 Å². The lowest BCUT2D eigenvalue weighted by Crippen LogP contribution is -2.13. The lowest BCUT2D eigenvalue weighted by atomic mass is 10.4. The predicted octanol–water partition coefficient (Wildman–Crippen LogP) is 1.40. The minimum atomic E-state index is 0.0457. The Morgan fingerprint density at radius 3 is 2.64 bits per heavy atom. The fraction of sp³-hybridized carbons (Fsp3) is 0.375. The summed E-state index contributed by atoms with van der Waals surface area (Å²) in [6.45, 7) is 3.87. The molecular weight excluding hydrogens is 202 g/mol. The van der Waals surface area contributed by atoms with Gasteiger partial charge in [-0.3, -0.25) is 0 Å². The van der Waals surface area contributed by atoms with Gasteiger partial charge in [0.2, 0.25) is 0 Å². The van der Waals surface area contributed by atoms with Gasteiger partial charge in [-0.2, -0.15) is 5.26 Å². The van der Waals surface area contributed by atoms with Crippen LogP contribution in [-0.4, -0.2) is 16.0 Å². The summed E-state index contributed by atoms with van der Waals surface area (Å²) in [6.07, 6.45) is 0. The molecule has 0 aliphatic rings. The molecule has 1 aromatic rings. The number of aromatic nitrogens is 2. The van der Waals surface area contributed by atoms with Crippen LogP contribution in [0.5, 0.6) is 0 Å². The molecule has 5 nitrogen and oxygen atoms in total. The molecule has 0 aliphatic carbocycles. The average molecular weight is 212 g/mol. The number of nitrogens with two attached hydrogens (primary N) is 1. The van der Waals surface area contributed by atoms with Crippen molar-refractivity contribution in [1.82, 2.24) is 9.97 Å². The molecule has 0 aromatic carbocycles. The van der Waals surface area contributed by atoms with E-state index in [-0.39, 0.29) is 22.7 Å². The smallest absolute Gasteiger partial charge is 0.184 e. The first-order valence-corrected chi connectivity index (χ1v) is 4.42. The number of hydrogen-bond acceptors (Lipinski definition) is 5. The Kier molecular flexibility index (Phi) is 3.10. The Labute approximate surface area is 86.9 Å². The molecule has 0 unspecified atom stereocenters. The highest BCUT2D eigenvalue weighted by atomic mass is 35.5. The third-order valence-corrected chi connectivity index (χ3v) is 1.68. The van der Waals surface area contributed by atoms with Crippen LogP contribution >= 0.6 is 11.6 Å². The minimum Gasteiger partial charge on any atom is -0.381 e. The van der Waals surface area contributed by atoms with Crippen molar-refractivity contribution in [3.8, 4) is 6.07 Å². The van der Waals surface area contributed by atoms with E-state index in [1.807, 2.05) is 13.8 Å². The van der Waals surface area contributed by atoms with E-state index < -0.39 is 0 Å². The van der Waals surface area contributed by atoms with Crippen molar-refractivity contribution >= 4 is 23.2 Å². The first kappa shape index (κ1) is 10.5. The highest BCUT2D eigenvalue weighted by Gasteiger charge is 2.10. The lowest BCUT2D eigenvalue weighted by molar-refractivity contribution is 0.886. The van der Waals surface area contributed by atoms with Gasteiger partial charge in [0, 0.05) is 6.04 Å². The first-order valence-electron chi connectivity index (χ1n) is 4.04. The Hall–Kier alpha value is -1.54. The van der Waals surface area contributed by atoms with Crippen molar-refractivity contribution in [3.63, 3.8) is 0 Å². The van der Waals surface area contributed by atoms with Gasteiger partial charge in [-0.05, 0) is 13.8 Å². The Balaban J connectivity index is 3.10. The molecule has 74 valence electrons. The number of nitrogens with zero attached hydrogens (tertiary/aromatic N) is 3. The maximum absolute atomic E-state index is 8.60. The van der Waals surface area contributed by atoms with E-state index in [9.17, 15) is 0 Å². The number of nitrogens with one attached hydrogen (secondary N) is 1. The van der Waals surface area contributed by atoms with Gasteiger partial charge in [-0.1, -0.05) is 11.6 Å². The highest BCUT2D eigenvalue weighted by Crippen LogP contribution is 2.20. The van der Waals surface area contributed by atoms with Crippen molar-refractivity contribution in [2.45, 2.75) is 19.9 Å². The van der Waals surface area contributed by atoms with Gasteiger partial charge in [0.1, 0.15) is 6.07 Å². The molecule has 3 N–H and O–H groups in total. The fourth-order valence-corrected chi connectivity index (χ4v) is 1.06. The second kappa shape index (κ2) is 4.11. The van der Waals surface area contributed by atoms with Crippen molar-refractivity contribution in [2.75, 3.05) is 11.1 Å². The SMILES string of the molecule is CC(C)Nc1nc(N)c(C#N)nc1Cl. The van der Waals surface area contributed by atoms with Crippen LogP contribution in [0, 0.1) is 11.3 Å².